The Morgan fingerprint density at radius 1 is 0.917 bits per heavy atom. The van der Waals surface area contributed by atoms with E-state index in [1.54, 1.807) is 23.2 Å². The van der Waals surface area contributed by atoms with Crippen LogP contribution in [0.2, 0.25) is 0 Å². The number of ether oxygens (including phenoxy) is 1. The number of hydrogen-bond donors (Lipinski definition) is 2. The van der Waals surface area contributed by atoms with Gasteiger partial charge in [0.25, 0.3) is 5.91 Å². The monoisotopic (exact) mass is 486 g/mol. The number of hydrogen-bond acceptors (Lipinski definition) is 5. The number of alkyl carbamates (subject to hydrolysis) is 1. The van der Waals surface area contributed by atoms with Crippen molar-refractivity contribution >= 4 is 17.9 Å². The summed E-state index contributed by atoms with van der Waals surface area (Å²) in [6.07, 6.45) is 4.15. The van der Waals surface area contributed by atoms with Gasteiger partial charge >= 0.3 is 6.09 Å². The fourth-order valence-electron chi connectivity index (χ4n) is 4.19. The summed E-state index contributed by atoms with van der Waals surface area (Å²) in [5.41, 5.74) is 2.32. The van der Waals surface area contributed by atoms with E-state index in [2.05, 4.69) is 15.6 Å². The van der Waals surface area contributed by atoms with Gasteiger partial charge in [-0.25, -0.2) is 4.79 Å². The molecule has 0 spiro atoms. The van der Waals surface area contributed by atoms with Crippen LogP contribution in [-0.4, -0.2) is 53.0 Å². The van der Waals surface area contributed by atoms with E-state index in [9.17, 15) is 14.4 Å². The largest absolute Gasteiger partial charge is 0.445 e. The molecule has 1 fully saturated rings. The van der Waals surface area contributed by atoms with Crippen molar-refractivity contribution in [2.24, 2.45) is 0 Å². The summed E-state index contributed by atoms with van der Waals surface area (Å²) in [4.78, 5) is 44.1. The number of benzene rings is 2. The van der Waals surface area contributed by atoms with Crippen LogP contribution in [0.25, 0.3) is 0 Å². The fraction of sp³-hybridized carbons (Fsp3) is 0.286. The number of piperidine rings is 1. The highest BCUT2D eigenvalue weighted by molar-refractivity contribution is 5.94. The zero-order valence-corrected chi connectivity index (χ0v) is 20.0. The van der Waals surface area contributed by atoms with Gasteiger partial charge < -0.3 is 20.3 Å². The second-order valence-electron chi connectivity index (χ2n) is 8.76. The summed E-state index contributed by atoms with van der Waals surface area (Å²) in [6.45, 7) is 1.10. The number of carbonyl (C=O) groups excluding carboxylic acids is 3. The van der Waals surface area contributed by atoms with E-state index in [-0.39, 0.29) is 24.5 Å². The first-order valence-electron chi connectivity index (χ1n) is 12.1. The molecule has 1 aliphatic heterocycles. The molecule has 1 atom stereocenters. The standard InChI is InChI=1S/C28H30N4O4/c33-26(23-12-7-15-29-19-23)30-24-13-16-32(17-14-24)27(34)25(18-21-8-3-1-4-9-21)31-28(35)36-20-22-10-5-2-6-11-22/h1-12,15,19,24-25H,13-14,16-18,20H2,(H,30,33)(H,31,35)/t25-/m0/s1. The molecule has 186 valence electrons. The average molecular weight is 487 g/mol. The molecule has 2 aromatic carbocycles. The Balaban J connectivity index is 1.34. The van der Waals surface area contributed by atoms with Crippen LogP contribution in [0, 0.1) is 0 Å². The second-order valence-corrected chi connectivity index (χ2v) is 8.76. The van der Waals surface area contributed by atoms with Crippen LogP contribution in [0.4, 0.5) is 4.79 Å². The van der Waals surface area contributed by atoms with Gasteiger partial charge in [0.05, 0.1) is 5.56 Å². The zero-order chi connectivity index (χ0) is 25.2. The van der Waals surface area contributed by atoms with E-state index in [0.717, 1.165) is 11.1 Å². The Morgan fingerprint density at radius 3 is 2.22 bits per heavy atom. The number of aromatic nitrogens is 1. The van der Waals surface area contributed by atoms with Gasteiger partial charge in [0.15, 0.2) is 0 Å². The normalized spacial score (nSPS) is 14.5. The van der Waals surface area contributed by atoms with Crippen molar-refractivity contribution < 1.29 is 19.1 Å². The molecule has 1 saturated heterocycles. The van der Waals surface area contributed by atoms with Crippen LogP contribution in [-0.2, 0) is 22.6 Å². The molecule has 1 aromatic heterocycles. The maximum Gasteiger partial charge on any atom is 0.408 e. The minimum absolute atomic E-state index is 0.0295. The van der Waals surface area contributed by atoms with Gasteiger partial charge in [-0.15, -0.1) is 0 Å². The Morgan fingerprint density at radius 2 is 1.58 bits per heavy atom. The van der Waals surface area contributed by atoms with Crippen molar-refractivity contribution in [3.63, 3.8) is 0 Å². The number of rotatable bonds is 8. The number of amides is 3. The van der Waals surface area contributed by atoms with Gasteiger partial charge in [0.2, 0.25) is 5.91 Å². The Kier molecular flexibility index (Phi) is 8.64. The van der Waals surface area contributed by atoms with Crippen LogP contribution >= 0.6 is 0 Å². The van der Waals surface area contributed by atoms with Gasteiger partial charge in [-0.05, 0) is 36.1 Å². The molecule has 36 heavy (non-hydrogen) atoms. The summed E-state index contributed by atoms with van der Waals surface area (Å²) in [6, 6.07) is 21.6. The quantitative estimate of drug-likeness (QED) is 0.509. The Hall–Kier alpha value is -4.20. The van der Waals surface area contributed by atoms with Crippen LogP contribution in [0.5, 0.6) is 0 Å². The highest BCUT2D eigenvalue weighted by Gasteiger charge is 2.30. The Bertz CT molecular complexity index is 1130. The van der Waals surface area contributed by atoms with Gasteiger partial charge in [0.1, 0.15) is 12.6 Å². The molecule has 3 aromatic rings. The molecule has 0 aliphatic carbocycles. The van der Waals surface area contributed by atoms with Crippen molar-refractivity contribution in [3.05, 3.63) is 102 Å². The molecule has 2 N–H and O–H groups in total. The summed E-state index contributed by atoms with van der Waals surface area (Å²) in [5.74, 6) is -0.329. The second kappa shape index (κ2) is 12.5. The molecule has 0 radical (unpaired) electrons. The van der Waals surface area contributed by atoms with E-state index in [4.69, 9.17) is 4.74 Å². The lowest BCUT2D eigenvalue weighted by Gasteiger charge is -2.34. The van der Waals surface area contributed by atoms with Crippen molar-refractivity contribution in [2.75, 3.05) is 13.1 Å². The van der Waals surface area contributed by atoms with Gasteiger partial charge in [-0.2, -0.15) is 0 Å². The van der Waals surface area contributed by atoms with E-state index in [1.165, 1.54) is 6.20 Å². The SMILES string of the molecule is O=C(N[C@@H](Cc1ccccc1)C(=O)N1CCC(NC(=O)c2cccnc2)CC1)OCc1ccccc1. The van der Waals surface area contributed by atoms with Gasteiger partial charge in [-0.3, -0.25) is 14.6 Å². The third kappa shape index (κ3) is 7.15. The molecule has 1 aliphatic rings. The highest BCUT2D eigenvalue weighted by Crippen LogP contribution is 2.15. The third-order valence-electron chi connectivity index (χ3n) is 6.15. The van der Waals surface area contributed by atoms with Crippen molar-refractivity contribution in [3.8, 4) is 0 Å². The minimum Gasteiger partial charge on any atom is -0.445 e. The molecular formula is C28H30N4O4. The minimum atomic E-state index is -0.753. The third-order valence-corrected chi connectivity index (χ3v) is 6.15. The molecule has 0 bridgehead atoms. The zero-order valence-electron chi connectivity index (χ0n) is 20.0. The van der Waals surface area contributed by atoms with E-state index in [0.29, 0.717) is 37.9 Å². The molecule has 8 nitrogen and oxygen atoms in total. The predicted octanol–water partition coefficient (Wildman–Crippen LogP) is 3.34. The lowest BCUT2D eigenvalue weighted by Crippen LogP contribution is -2.53. The summed E-state index contributed by atoms with van der Waals surface area (Å²) < 4.78 is 5.36. The van der Waals surface area contributed by atoms with E-state index >= 15 is 0 Å². The van der Waals surface area contributed by atoms with Crippen molar-refractivity contribution in [1.29, 1.82) is 0 Å². The number of pyridine rings is 1. The summed E-state index contributed by atoms with van der Waals surface area (Å²) in [5, 5.41) is 5.79. The molecular weight excluding hydrogens is 456 g/mol. The molecule has 2 heterocycles. The number of likely N-dealkylation sites (tertiary alicyclic amines) is 1. The summed E-state index contributed by atoms with van der Waals surface area (Å²) in [7, 11) is 0. The molecule has 8 heteroatoms. The van der Waals surface area contributed by atoms with Crippen LogP contribution in [0.15, 0.2) is 85.2 Å². The smallest absolute Gasteiger partial charge is 0.408 e. The maximum atomic E-state index is 13.4. The molecule has 4 rings (SSSR count). The predicted molar refractivity (Wildman–Crippen MR) is 135 cm³/mol. The Labute approximate surface area is 210 Å². The highest BCUT2D eigenvalue weighted by atomic mass is 16.5. The van der Waals surface area contributed by atoms with Gasteiger partial charge in [0, 0.05) is 37.9 Å². The van der Waals surface area contributed by atoms with Gasteiger partial charge in [-0.1, -0.05) is 60.7 Å². The van der Waals surface area contributed by atoms with E-state index < -0.39 is 12.1 Å². The first kappa shape index (κ1) is 24.9. The molecule has 0 unspecified atom stereocenters. The first-order chi connectivity index (χ1) is 17.6. The topological polar surface area (TPSA) is 101 Å². The summed E-state index contributed by atoms with van der Waals surface area (Å²) >= 11 is 0. The molecule has 3 amide bonds. The van der Waals surface area contributed by atoms with Crippen LogP contribution < -0.4 is 10.6 Å². The maximum absolute atomic E-state index is 13.4. The first-order valence-corrected chi connectivity index (χ1v) is 12.1. The fourth-order valence-corrected chi connectivity index (χ4v) is 4.19. The lowest BCUT2D eigenvalue weighted by molar-refractivity contribution is -0.134. The van der Waals surface area contributed by atoms with Crippen molar-refractivity contribution in [2.45, 2.75) is 38.0 Å². The lowest BCUT2D eigenvalue weighted by atomic mass is 10.0. The number of nitrogens with zero attached hydrogens (tertiary/aromatic N) is 2. The molecule has 0 saturated carbocycles. The van der Waals surface area contributed by atoms with Crippen LogP contribution in [0.3, 0.4) is 0 Å². The van der Waals surface area contributed by atoms with Crippen molar-refractivity contribution in [1.82, 2.24) is 20.5 Å². The number of nitrogens with one attached hydrogen (secondary N) is 2. The van der Waals surface area contributed by atoms with Crippen LogP contribution in [0.1, 0.15) is 34.3 Å². The van der Waals surface area contributed by atoms with E-state index in [1.807, 2.05) is 60.7 Å². The average Bonchev–Trinajstić information content (AvgIpc) is 2.93. The number of carbonyl (C=O) groups is 3.